The minimum absolute atomic E-state index is 0. The van der Waals surface area contributed by atoms with E-state index in [1.54, 1.807) is 0 Å². The summed E-state index contributed by atoms with van der Waals surface area (Å²) in [7, 11) is 0. The van der Waals surface area contributed by atoms with Gasteiger partial charge in [-0.2, -0.15) is 0 Å². The third kappa shape index (κ3) is 10.8. The monoisotopic (exact) mass is 46.1 g/mol. The number of hydrogen-bond acceptors (Lipinski definition) is 0. The van der Waals surface area contributed by atoms with Gasteiger partial charge in [0.15, 0.2) is 0 Å². The van der Waals surface area contributed by atoms with Gasteiger partial charge in [-0.3, -0.25) is 0 Å². The molecule has 0 unspecified atom stereocenters. The zero-order valence-corrected chi connectivity index (χ0v) is 2.00. The van der Waals surface area contributed by atoms with Gasteiger partial charge < -0.3 is 0 Å². The van der Waals surface area contributed by atoms with Gasteiger partial charge in [-0.05, 0) is 0 Å². The van der Waals surface area contributed by atoms with E-state index in [0.717, 1.165) is 0 Å². The molecule has 4 heavy (non-hydrogen) atoms. The molecular weight excluding hydrogens is 37.9 g/mol. The van der Waals surface area contributed by atoms with Crippen LogP contribution < -0.4 is 0 Å². The summed E-state index contributed by atoms with van der Waals surface area (Å²) in [5.41, 5.74) is 0. The molecule has 0 amide bonds. The van der Waals surface area contributed by atoms with Crippen LogP contribution in [0, 0.1) is 0 Å². The molecule has 0 aromatic carbocycles. The molecule has 0 aliphatic rings. The molecule has 0 atom stereocenters. The van der Waals surface area contributed by atoms with Crippen molar-refractivity contribution in [1.29, 1.82) is 0 Å². The summed E-state index contributed by atoms with van der Waals surface area (Å²) in [6, 6.07) is 0. The van der Waals surface area contributed by atoms with Crippen molar-refractivity contribution in [2.45, 2.75) is 13.8 Å². The summed E-state index contributed by atoms with van der Waals surface area (Å²) in [4.78, 5) is 0. The molecule has 0 saturated heterocycles. The first-order valence-corrected chi connectivity index (χ1v) is 1.00. The van der Waals surface area contributed by atoms with Crippen molar-refractivity contribution in [2.24, 2.45) is 0 Å². The van der Waals surface area contributed by atoms with Gasteiger partial charge in [-0.15, -0.1) is 0 Å². The molecule has 18 valence electrons. The van der Waals surface area contributed by atoms with Crippen LogP contribution in [0.4, 0.5) is 0 Å². The van der Waals surface area contributed by atoms with E-state index in [4.69, 9.17) is 0 Å². The second kappa shape index (κ2) is 30.0. The van der Waals surface area contributed by atoms with Crippen LogP contribution in [0.25, 0.3) is 0 Å². The summed E-state index contributed by atoms with van der Waals surface area (Å²) in [5, 5.41) is 0. The molecule has 0 radical (unpaired) electrons. The molecule has 0 heterocycles. The second-order valence-electron chi connectivity index (χ2n) is 0. The average Bonchev–Trinajstić information content (AvgIpc) is 1.00. The van der Waals surface area contributed by atoms with Gasteiger partial charge in [-0.1, -0.05) is 13.8 Å². The molecule has 0 spiro atoms. The van der Waals surface area contributed by atoms with E-state index in [1.165, 1.54) is 0 Å². The molecule has 0 saturated carbocycles. The summed E-state index contributed by atoms with van der Waals surface area (Å²) in [6.45, 7) is 4.00. The van der Waals surface area contributed by atoms with E-state index >= 15 is 0 Å². The molecule has 2 heteroatoms. The van der Waals surface area contributed by atoms with E-state index in [-0.39, 0.29) is 37.7 Å². The van der Waals surface area contributed by atoms with Crippen molar-refractivity contribution in [1.82, 2.24) is 0 Å². The van der Waals surface area contributed by atoms with Gasteiger partial charge in [0.2, 0.25) is 0 Å². The second-order valence-corrected chi connectivity index (χ2v) is 0. The molecule has 0 aliphatic carbocycles. The minimum atomic E-state index is 0. The summed E-state index contributed by atoms with van der Waals surface area (Å²) in [6.07, 6.45) is 0. The van der Waals surface area contributed by atoms with Crippen molar-refractivity contribution >= 4 is 37.7 Å². The Morgan fingerprint density at radius 3 is 0.750 bits per heavy atom. The van der Waals surface area contributed by atoms with Gasteiger partial charge in [0.05, 0.1) is 0 Å². The molecular formula is C2H8Li2. The Balaban J connectivity index is -0.00000000500. The molecule has 0 nitrogen and oxygen atoms in total. The van der Waals surface area contributed by atoms with Crippen molar-refractivity contribution in [3.63, 3.8) is 0 Å². The van der Waals surface area contributed by atoms with Gasteiger partial charge in [0.25, 0.3) is 0 Å². The van der Waals surface area contributed by atoms with E-state index in [1.807, 2.05) is 13.8 Å². The van der Waals surface area contributed by atoms with E-state index in [0.29, 0.717) is 0 Å². The van der Waals surface area contributed by atoms with Crippen molar-refractivity contribution < 1.29 is 0 Å². The standard InChI is InChI=1S/C2H6.2Li.2H/c1-2;;;;/h1-2H3;;;;. The van der Waals surface area contributed by atoms with E-state index in [2.05, 4.69) is 0 Å². The fourth-order valence-electron chi connectivity index (χ4n) is 0. The normalized spacial score (nSPS) is 1.50. The molecule has 0 bridgehead atoms. The Bertz CT molecular complexity index is 4.00. The van der Waals surface area contributed by atoms with Crippen LogP contribution in [-0.4, -0.2) is 37.7 Å². The van der Waals surface area contributed by atoms with Crippen LogP contribution in [0.1, 0.15) is 13.8 Å². The van der Waals surface area contributed by atoms with Gasteiger partial charge in [-0.25, -0.2) is 0 Å². The Morgan fingerprint density at radius 2 is 0.750 bits per heavy atom. The van der Waals surface area contributed by atoms with Gasteiger partial charge >= 0.3 is 37.7 Å². The Morgan fingerprint density at radius 1 is 0.750 bits per heavy atom. The van der Waals surface area contributed by atoms with Gasteiger partial charge in [0.1, 0.15) is 0 Å². The first kappa shape index (κ1) is 19.0. The van der Waals surface area contributed by atoms with Crippen LogP contribution in [-0.2, 0) is 0 Å². The first-order chi connectivity index (χ1) is 1.00. The number of rotatable bonds is 0. The molecule has 0 aromatic rings. The van der Waals surface area contributed by atoms with Crippen molar-refractivity contribution in [3.8, 4) is 0 Å². The zero-order valence-electron chi connectivity index (χ0n) is 2.00. The molecule has 0 N–H and O–H groups in total. The quantitative estimate of drug-likeness (QED) is 0.329. The average molecular weight is 46.0 g/mol. The van der Waals surface area contributed by atoms with Crippen LogP contribution >= 0.6 is 0 Å². The third-order valence-electron chi connectivity index (χ3n) is 0. The van der Waals surface area contributed by atoms with Crippen LogP contribution in [0.2, 0.25) is 0 Å². The number of hydrogen-bond donors (Lipinski definition) is 0. The maximum absolute atomic E-state index is 2.00. The van der Waals surface area contributed by atoms with Crippen LogP contribution in [0.3, 0.4) is 0 Å². The Hall–Kier alpha value is 1.19. The van der Waals surface area contributed by atoms with Crippen LogP contribution in [0.5, 0.6) is 0 Å². The topological polar surface area (TPSA) is 0 Å². The Labute approximate surface area is 51.7 Å². The molecule has 0 fully saturated rings. The van der Waals surface area contributed by atoms with Gasteiger partial charge in [0, 0.05) is 0 Å². The fourth-order valence-corrected chi connectivity index (χ4v) is 0. The van der Waals surface area contributed by atoms with Crippen molar-refractivity contribution in [2.75, 3.05) is 0 Å². The van der Waals surface area contributed by atoms with Crippen LogP contribution in [0.15, 0.2) is 0 Å². The Kier molecular flexibility index (Phi) is 142. The molecule has 0 aromatic heterocycles. The van der Waals surface area contributed by atoms with E-state index in [9.17, 15) is 0 Å². The summed E-state index contributed by atoms with van der Waals surface area (Å²) >= 11 is 0. The predicted octanol–water partition coefficient (Wildman–Crippen LogP) is -0.271. The first-order valence-electron chi connectivity index (χ1n) is 1.00. The fraction of sp³-hybridized carbons (Fsp3) is 1.00. The molecule has 0 rings (SSSR count). The summed E-state index contributed by atoms with van der Waals surface area (Å²) in [5.74, 6) is 0. The van der Waals surface area contributed by atoms with E-state index < -0.39 is 0 Å². The van der Waals surface area contributed by atoms with Crippen molar-refractivity contribution in [3.05, 3.63) is 0 Å². The summed E-state index contributed by atoms with van der Waals surface area (Å²) < 4.78 is 0. The zero-order chi connectivity index (χ0) is 2.00. The predicted molar refractivity (Wildman–Crippen MR) is 25.6 cm³/mol. The third-order valence-corrected chi connectivity index (χ3v) is 0. The SMILES string of the molecule is CC.[LiH].[LiH]. The maximum atomic E-state index is 2.00. The molecule has 0 aliphatic heterocycles.